The molecule has 17 heavy (non-hydrogen) atoms. The summed E-state index contributed by atoms with van der Waals surface area (Å²) in [6, 6.07) is 0. The molecular formula is C9H10F6O2. The molecule has 0 aliphatic heterocycles. The van der Waals surface area contributed by atoms with Crippen LogP contribution in [0.1, 0.15) is 13.8 Å². The average molecular weight is 264 g/mol. The third-order valence-corrected chi connectivity index (χ3v) is 1.78. The lowest BCUT2D eigenvalue weighted by Crippen LogP contribution is -2.45. The summed E-state index contributed by atoms with van der Waals surface area (Å²) in [5.41, 5.74) is -0.455. The summed E-state index contributed by atoms with van der Waals surface area (Å²) in [5, 5.41) is 0. The van der Waals surface area contributed by atoms with Gasteiger partial charge in [-0.3, -0.25) is 0 Å². The quantitative estimate of drug-likeness (QED) is 0.444. The number of halogens is 6. The van der Waals surface area contributed by atoms with Gasteiger partial charge in [-0.25, -0.2) is 4.79 Å². The van der Waals surface area contributed by atoms with Gasteiger partial charge in [0.25, 0.3) is 6.10 Å². The second-order valence-electron chi connectivity index (χ2n) is 3.55. The minimum atomic E-state index is -5.70. The Morgan fingerprint density at radius 1 is 1.06 bits per heavy atom. The lowest BCUT2D eigenvalue weighted by atomic mass is 10.1. The maximum atomic E-state index is 12.0. The van der Waals surface area contributed by atoms with Crippen molar-refractivity contribution in [1.82, 2.24) is 0 Å². The molecule has 8 heteroatoms. The smallest absolute Gasteiger partial charge is 0.434 e. The Kier molecular flexibility index (Phi) is 4.62. The Hall–Kier alpha value is -1.21. The predicted molar refractivity (Wildman–Crippen MR) is 46.0 cm³/mol. The second kappa shape index (κ2) is 4.97. The Morgan fingerprint density at radius 3 is 1.65 bits per heavy atom. The molecule has 0 aromatic carbocycles. The van der Waals surface area contributed by atoms with E-state index in [9.17, 15) is 31.1 Å². The lowest BCUT2D eigenvalue weighted by Gasteiger charge is -2.23. The van der Waals surface area contributed by atoms with Crippen molar-refractivity contribution in [2.24, 2.45) is 5.92 Å². The minimum absolute atomic E-state index is 0.455. The summed E-state index contributed by atoms with van der Waals surface area (Å²) in [4.78, 5) is 11.0. The first-order valence-electron chi connectivity index (χ1n) is 4.40. The first-order valence-corrected chi connectivity index (χ1v) is 4.40. The third kappa shape index (κ3) is 4.66. The second-order valence-corrected chi connectivity index (χ2v) is 3.55. The van der Waals surface area contributed by atoms with Gasteiger partial charge in [0.1, 0.15) is 0 Å². The van der Waals surface area contributed by atoms with E-state index < -0.39 is 35.9 Å². The van der Waals surface area contributed by atoms with Gasteiger partial charge < -0.3 is 4.74 Å². The fraction of sp³-hybridized carbons (Fsp3) is 0.667. The van der Waals surface area contributed by atoms with Crippen LogP contribution in [0, 0.1) is 5.92 Å². The predicted octanol–water partition coefficient (Wildman–Crippen LogP) is 3.24. The molecule has 0 unspecified atom stereocenters. The molecule has 0 aliphatic carbocycles. The molecule has 0 rings (SSSR count). The fourth-order valence-corrected chi connectivity index (χ4v) is 0.738. The highest BCUT2D eigenvalue weighted by Crippen LogP contribution is 2.36. The normalized spacial score (nSPS) is 13.1. The van der Waals surface area contributed by atoms with Crippen LogP contribution >= 0.6 is 0 Å². The molecule has 0 fully saturated rings. The Bertz CT molecular complexity index is 288. The maximum absolute atomic E-state index is 12.0. The lowest BCUT2D eigenvalue weighted by molar-refractivity contribution is -0.312. The van der Waals surface area contributed by atoms with Crippen molar-refractivity contribution in [2.45, 2.75) is 32.3 Å². The van der Waals surface area contributed by atoms with Crippen LogP contribution < -0.4 is 0 Å². The van der Waals surface area contributed by atoms with Crippen LogP contribution in [0.25, 0.3) is 0 Å². The molecule has 0 atom stereocenters. The van der Waals surface area contributed by atoms with Crippen molar-refractivity contribution in [3.63, 3.8) is 0 Å². The molecule has 0 aromatic rings. The van der Waals surface area contributed by atoms with E-state index in [2.05, 4.69) is 11.3 Å². The number of hydrogen-bond acceptors (Lipinski definition) is 2. The van der Waals surface area contributed by atoms with Gasteiger partial charge in [0, 0.05) is 5.57 Å². The molecule has 0 N–H and O–H groups in total. The van der Waals surface area contributed by atoms with E-state index in [0.717, 1.165) is 0 Å². The van der Waals surface area contributed by atoms with Gasteiger partial charge in [0.2, 0.25) is 0 Å². The van der Waals surface area contributed by atoms with Crippen molar-refractivity contribution < 1.29 is 35.9 Å². The number of esters is 1. The summed E-state index contributed by atoms with van der Waals surface area (Å²) in [6.07, 6.45) is -15.5. The van der Waals surface area contributed by atoms with Crippen LogP contribution in [0.4, 0.5) is 26.3 Å². The molecular weight excluding hydrogens is 254 g/mol. The zero-order valence-electron chi connectivity index (χ0n) is 8.95. The van der Waals surface area contributed by atoms with E-state index in [-0.39, 0.29) is 0 Å². The number of rotatable bonds is 3. The highest BCUT2D eigenvalue weighted by atomic mass is 19.4. The number of carbonyl (C=O) groups is 1. The van der Waals surface area contributed by atoms with Gasteiger partial charge in [-0.05, 0) is 5.92 Å². The van der Waals surface area contributed by atoms with Gasteiger partial charge in [-0.15, -0.1) is 0 Å². The van der Waals surface area contributed by atoms with Crippen LogP contribution in [0.2, 0.25) is 0 Å². The van der Waals surface area contributed by atoms with Crippen LogP contribution in [0.15, 0.2) is 12.2 Å². The van der Waals surface area contributed by atoms with Crippen molar-refractivity contribution in [2.75, 3.05) is 0 Å². The van der Waals surface area contributed by atoms with Gasteiger partial charge in [-0.2, -0.15) is 26.3 Å². The largest absolute Gasteiger partial charge is 0.439 e. The first kappa shape index (κ1) is 15.8. The van der Waals surface area contributed by atoms with Gasteiger partial charge in [0.05, 0.1) is 0 Å². The van der Waals surface area contributed by atoms with Crippen molar-refractivity contribution in [3.8, 4) is 0 Å². The minimum Gasteiger partial charge on any atom is -0.439 e. The molecule has 0 saturated carbocycles. The SMILES string of the molecule is C=C(C(=O)OC(C(F)(F)F)C(F)(F)F)C(C)C. The van der Waals surface area contributed by atoms with Crippen LogP contribution in [-0.4, -0.2) is 24.4 Å². The molecule has 0 heterocycles. The van der Waals surface area contributed by atoms with E-state index in [1.54, 1.807) is 0 Å². The summed E-state index contributed by atoms with van der Waals surface area (Å²) in [6.45, 7) is 5.84. The van der Waals surface area contributed by atoms with E-state index in [1.807, 2.05) is 0 Å². The molecule has 0 aliphatic rings. The van der Waals surface area contributed by atoms with Crippen LogP contribution in [0.5, 0.6) is 0 Å². The van der Waals surface area contributed by atoms with Crippen LogP contribution in [-0.2, 0) is 9.53 Å². The molecule has 0 radical (unpaired) electrons. The molecule has 0 amide bonds. The summed E-state index contributed by atoms with van der Waals surface area (Å²) >= 11 is 0. The highest BCUT2D eigenvalue weighted by molar-refractivity contribution is 5.88. The molecule has 0 bridgehead atoms. The fourth-order valence-electron chi connectivity index (χ4n) is 0.738. The number of hydrogen-bond donors (Lipinski definition) is 0. The third-order valence-electron chi connectivity index (χ3n) is 1.78. The Balaban J connectivity index is 4.92. The van der Waals surface area contributed by atoms with Crippen molar-refractivity contribution in [1.29, 1.82) is 0 Å². The Labute approximate surface area is 93.2 Å². The molecule has 2 nitrogen and oxygen atoms in total. The summed E-state index contributed by atoms with van der Waals surface area (Å²) in [7, 11) is 0. The standard InChI is InChI=1S/C9H10F6O2/c1-4(2)5(3)6(16)17-7(8(10,11)12)9(13,14)15/h4,7H,3H2,1-2H3. The highest BCUT2D eigenvalue weighted by Gasteiger charge is 2.60. The molecule has 0 aromatic heterocycles. The average Bonchev–Trinajstić information content (AvgIpc) is 2.08. The van der Waals surface area contributed by atoms with Gasteiger partial charge >= 0.3 is 18.3 Å². The van der Waals surface area contributed by atoms with Crippen molar-refractivity contribution in [3.05, 3.63) is 12.2 Å². The van der Waals surface area contributed by atoms with Gasteiger partial charge in [0.15, 0.2) is 0 Å². The first-order chi connectivity index (χ1) is 7.37. The van der Waals surface area contributed by atoms with E-state index in [0.29, 0.717) is 0 Å². The monoisotopic (exact) mass is 264 g/mol. The number of ether oxygens (including phenoxy) is 1. The number of carbonyl (C=O) groups excluding carboxylic acids is 1. The summed E-state index contributed by atoms with van der Waals surface area (Å²) < 4.78 is 75.5. The van der Waals surface area contributed by atoms with Gasteiger partial charge in [-0.1, -0.05) is 20.4 Å². The molecule has 0 saturated heterocycles. The van der Waals surface area contributed by atoms with E-state index in [1.165, 1.54) is 13.8 Å². The number of alkyl halides is 6. The molecule has 100 valence electrons. The summed E-state index contributed by atoms with van der Waals surface area (Å²) in [5.74, 6) is -2.32. The van der Waals surface area contributed by atoms with E-state index in [4.69, 9.17) is 0 Å². The Morgan fingerprint density at radius 2 is 1.41 bits per heavy atom. The topological polar surface area (TPSA) is 26.3 Å². The molecule has 0 spiro atoms. The zero-order valence-corrected chi connectivity index (χ0v) is 8.95. The van der Waals surface area contributed by atoms with Crippen molar-refractivity contribution >= 4 is 5.97 Å². The van der Waals surface area contributed by atoms with Crippen LogP contribution in [0.3, 0.4) is 0 Å². The zero-order chi connectivity index (χ0) is 14.0. The van der Waals surface area contributed by atoms with E-state index >= 15 is 0 Å². The maximum Gasteiger partial charge on any atom is 0.434 e.